The fourth-order valence-electron chi connectivity index (χ4n) is 2.06. The lowest BCUT2D eigenvalue weighted by atomic mass is 10.2. The number of rotatable bonds is 3. The van der Waals surface area contributed by atoms with E-state index in [1.165, 1.54) is 43.6 Å². The molecule has 0 aliphatic heterocycles. The van der Waals surface area contributed by atoms with Crippen molar-refractivity contribution in [1.29, 1.82) is 0 Å². The molecule has 7 heteroatoms. The number of anilines is 1. The van der Waals surface area contributed by atoms with Crippen LogP contribution in [0.25, 0.3) is 11.0 Å². The summed E-state index contributed by atoms with van der Waals surface area (Å²) in [5, 5.41) is 2.96. The van der Waals surface area contributed by atoms with Gasteiger partial charge in [-0.1, -0.05) is 12.1 Å². The number of halogens is 1. The van der Waals surface area contributed by atoms with Crippen LogP contribution < -0.4 is 5.32 Å². The number of para-hydroxylation sites is 1. The Balaban J connectivity index is 1.86. The number of benzene rings is 1. The number of esters is 1. The van der Waals surface area contributed by atoms with Gasteiger partial charge in [0, 0.05) is 11.6 Å². The molecular weight excluding hydrogens is 303 g/mol. The van der Waals surface area contributed by atoms with Crippen molar-refractivity contribution in [3.05, 3.63) is 59.7 Å². The number of amides is 1. The van der Waals surface area contributed by atoms with Crippen LogP contribution in [0.4, 0.5) is 10.2 Å². The first-order chi connectivity index (χ1) is 11.1. The average Bonchev–Trinajstić information content (AvgIpc) is 3.00. The average molecular weight is 314 g/mol. The third-order valence-electron chi connectivity index (χ3n) is 3.14. The van der Waals surface area contributed by atoms with Gasteiger partial charge in [0.2, 0.25) is 0 Å². The topological polar surface area (TPSA) is 81.4 Å². The van der Waals surface area contributed by atoms with E-state index in [-0.39, 0.29) is 22.7 Å². The molecule has 0 fully saturated rings. The van der Waals surface area contributed by atoms with Crippen LogP contribution in [0.3, 0.4) is 0 Å². The predicted molar refractivity (Wildman–Crippen MR) is 79.7 cm³/mol. The molecule has 3 rings (SSSR count). The van der Waals surface area contributed by atoms with E-state index in [2.05, 4.69) is 15.0 Å². The number of nitrogens with one attached hydrogen (secondary N) is 1. The molecule has 0 spiro atoms. The van der Waals surface area contributed by atoms with Gasteiger partial charge in [0.15, 0.2) is 17.2 Å². The highest BCUT2D eigenvalue weighted by Gasteiger charge is 2.16. The van der Waals surface area contributed by atoms with Crippen molar-refractivity contribution in [1.82, 2.24) is 4.98 Å². The minimum Gasteiger partial charge on any atom is -0.465 e. The number of ether oxygens (including phenoxy) is 1. The maximum atomic E-state index is 13.6. The van der Waals surface area contributed by atoms with Gasteiger partial charge >= 0.3 is 5.97 Å². The van der Waals surface area contributed by atoms with E-state index in [0.717, 1.165) is 0 Å². The summed E-state index contributed by atoms with van der Waals surface area (Å²) >= 11 is 0. The van der Waals surface area contributed by atoms with Crippen molar-refractivity contribution in [2.24, 2.45) is 0 Å². The molecule has 3 aromatic rings. The first kappa shape index (κ1) is 14.7. The lowest BCUT2D eigenvalue weighted by molar-refractivity contribution is 0.0600. The number of carbonyl (C=O) groups is 2. The molecule has 0 radical (unpaired) electrons. The zero-order chi connectivity index (χ0) is 16.4. The molecule has 1 amide bonds. The molecule has 2 heterocycles. The standard InChI is InChI=1S/C16H11FN2O4/c1-22-16(21)10-5-6-18-13(8-10)19-15(20)12-7-9-3-2-4-11(17)14(9)23-12/h2-8H,1H3,(H,18,19,20). The highest BCUT2D eigenvalue weighted by Crippen LogP contribution is 2.22. The third-order valence-corrected chi connectivity index (χ3v) is 3.14. The van der Waals surface area contributed by atoms with Gasteiger partial charge in [-0.25, -0.2) is 14.2 Å². The lowest BCUT2D eigenvalue weighted by Crippen LogP contribution is -2.13. The van der Waals surface area contributed by atoms with Crippen LogP contribution in [0.15, 0.2) is 47.0 Å². The van der Waals surface area contributed by atoms with Crippen LogP contribution >= 0.6 is 0 Å². The van der Waals surface area contributed by atoms with Crippen molar-refractivity contribution in [3.8, 4) is 0 Å². The number of aromatic nitrogens is 1. The molecule has 0 atom stereocenters. The van der Waals surface area contributed by atoms with Crippen molar-refractivity contribution in [2.75, 3.05) is 12.4 Å². The molecule has 0 bridgehead atoms. The van der Waals surface area contributed by atoms with E-state index in [0.29, 0.717) is 5.39 Å². The van der Waals surface area contributed by atoms with E-state index < -0.39 is 17.7 Å². The Kier molecular flexibility index (Phi) is 3.76. The summed E-state index contributed by atoms with van der Waals surface area (Å²) in [4.78, 5) is 27.6. The Morgan fingerprint density at radius 3 is 2.83 bits per heavy atom. The Morgan fingerprint density at radius 1 is 1.26 bits per heavy atom. The molecule has 116 valence electrons. The smallest absolute Gasteiger partial charge is 0.338 e. The van der Waals surface area contributed by atoms with Gasteiger partial charge in [-0.05, 0) is 24.3 Å². The van der Waals surface area contributed by atoms with Crippen LogP contribution in [-0.4, -0.2) is 24.0 Å². The van der Waals surface area contributed by atoms with Crippen LogP contribution in [0.1, 0.15) is 20.9 Å². The van der Waals surface area contributed by atoms with E-state index in [1.54, 1.807) is 6.07 Å². The Labute approximate surface area is 129 Å². The van der Waals surface area contributed by atoms with Crippen molar-refractivity contribution >= 4 is 28.7 Å². The van der Waals surface area contributed by atoms with Crippen molar-refractivity contribution in [2.45, 2.75) is 0 Å². The highest BCUT2D eigenvalue weighted by atomic mass is 19.1. The van der Waals surface area contributed by atoms with E-state index in [1.807, 2.05) is 0 Å². The number of furan rings is 1. The fourth-order valence-corrected chi connectivity index (χ4v) is 2.06. The van der Waals surface area contributed by atoms with Crippen LogP contribution in [0.5, 0.6) is 0 Å². The van der Waals surface area contributed by atoms with Crippen molar-refractivity contribution in [3.63, 3.8) is 0 Å². The molecule has 0 aliphatic carbocycles. The largest absolute Gasteiger partial charge is 0.465 e. The summed E-state index contributed by atoms with van der Waals surface area (Å²) in [5.41, 5.74) is 0.252. The molecule has 0 saturated carbocycles. The van der Waals surface area contributed by atoms with Gasteiger partial charge in [-0.3, -0.25) is 4.79 Å². The van der Waals surface area contributed by atoms with Gasteiger partial charge in [-0.2, -0.15) is 0 Å². The zero-order valence-corrected chi connectivity index (χ0v) is 12.0. The van der Waals surface area contributed by atoms with E-state index in [4.69, 9.17) is 4.42 Å². The third kappa shape index (κ3) is 2.89. The second kappa shape index (κ2) is 5.88. The monoisotopic (exact) mass is 314 g/mol. The second-order valence-corrected chi connectivity index (χ2v) is 4.64. The van der Waals surface area contributed by atoms with Crippen LogP contribution in [0, 0.1) is 5.82 Å². The number of hydrogen-bond donors (Lipinski definition) is 1. The van der Waals surface area contributed by atoms with E-state index in [9.17, 15) is 14.0 Å². The Bertz CT molecular complexity index is 904. The Hall–Kier alpha value is -3.22. The molecule has 2 aromatic heterocycles. The summed E-state index contributed by atoms with van der Waals surface area (Å²) in [6, 6.07) is 8.66. The maximum Gasteiger partial charge on any atom is 0.338 e. The SMILES string of the molecule is COC(=O)c1ccnc(NC(=O)c2cc3cccc(F)c3o2)c1. The number of hydrogen-bond acceptors (Lipinski definition) is 5. The minimum atomic E-state index is -0.602. The van der Waals surface area contributed by atoms with Gasteiger partial charge in [0.05, 0.1) is 12.7 Å². The zero-order valence-electron chi connectivity index (χ0n) is 12.0. The molecule has 0 aliphatic rings. The number of carbonyl (C=O) groups excluding carboxylic acids is 2. The molecule has 1 aromatic carbocycles. The number of pyridine rings is 1. The summed E-state index contributed by atoms with van der Waals surface area (Å²) in [5.74, 6) is -1.61. The summed E-state index contributed by atoms with van der Waals surface area (Å²) < 4.78 is 23.4. The van der Waals surface area contributed by atoms with Gasteiger partial charge in [-0.15, -0.1) is 0 Å². The van der Waals surface area contributed by atoms with Crippen LogP contribution in [-0.2, 0) is 4.74 Å². The number of methoxy groups -OCH3 is 1. The molecule has 6 nitrogen and oxygen atoms in total. The first-order valence-corrected chi connectivity index (χ1v) is 6.62. The minimum absolute atomic E-state index is 0.00826. The Morgan fingerprint density at radius 2 is 2.09 bits per heavy atom. The number of nitrogens with zero attached hydrogens (tertiary/aromatic N) is 1. The molecule has 1 N–H and O–H groups in total. The summed E-state index contributed by atoms with van der Waals surface area (Å²) in [6.07, 6.45) is 1.36. The first-order valence-electron chi connectivity index (χ1n) is 6.62. The fraction of sp³-hybridized carbons (Fsp3) is 0.0625. The van der Waals surface area contributed by atoms with Gasteiger partial charge in [0.25, 0.3) is 5.91 Å². The maximum absolute atomic E-state index is 13.6. The van der Waals surface area contributed by atoms with Crippen LogP contribution in [0.2, 0.25) is 0 Å². The molecule has 23 heavy (non-hydrogen) atoms. The van der Waals surface area contributed by atoms with E-state index >= 15 is 0 Å². The quantitative estimate of drug-likeness (QED) is 0.752. The second-order valence-electron chi connectivity index (χ2n) is 4.64. The summed E-state index contributed by atoms with van der Waals surface area (Å²) in [6.45, 7) is 0. The highest BCUT2D eigenvalue weighted by molar-refractivity contribution is 6.04. The number of fused-ring (bicyclic) bond motifs is 1. The molecular formula is C16H11FN2O4. The van der Waals surface area contributed by atoms with Gasteiger partial charge < -0.3 is 14.5 Å². The summed E-state index contributed by atoms with van der Waals surface area (Å²) in [7, 11) is 1.25. The predicted octanol–water partition coefficient (Wildman–Crippen LogP) is 3.01. The lowest BCUT2D eigenvalue weighted by Gasteiger charge is -2.04. The molecule has 0 unspecified atom stereocenters. The van der Waals surface area contributed by atoms with Gasteiger partial charge in [0.1, 0.15) is 5.82 Å². The molecule has 0 saturated heterocycles. The normalized spacial score (nSPS) is 10.5. The van der Waals surface area contributed by atoms with Crippen molar-refractivity contribution < 1.29 is 23.1 Å².